The van der Waals surface area contributed by atoms with E-state index in [1.54, 1.807) is 25.3 Å². The molecule has 0 amide bonds. The number of aromatic nitrogens is 2. The third kappa shape index (κ3) is 3.36. The first-order chi connectivity index (χ1) is 9.22. The molecular weight excluding hydrogens is 267 g/mol. The highest BCUT2D eigenvalue weighted by Crippen LogP contribution is 2.29. The zero-order chi connectivity index (χ0) is 13.7. The summed E-state index contributed by atoms with van der Waals surface area (Å²) in [6.07, 6.45) is 1.10. The zero-order valence-electron chi connectivity index (χ0n) is 10.4. The summed E-state index contributed by atoms with van der Waals surface area (Å²) in [5, 5.41) is 0. The van der Waals surface area contributed by atoms with Gasteiger partial charge >= 0.3 is 0 Å². The molecule has 4 nitrogen and oxygen atoms in total. The van der Waals surface area contributed by atoms with Gasteiger partial charge < -0.3 is 14.5 Å². The van der Waals surface area contributed by atoms with Crippen molar-refractivity contribution in [2.24, 2.45) is 0 Å². The third-order valence-corrected chi connectivity index (χ3v) is 2.67. The number of halogens is 1. The fraction of sp³-hybridized carbons (Fsp3) is 0.231. The van der Waals surface area contributed by atoms with Crippen LogP contribution in [-0.2, 0) is 4.74 Å². The maximum Gasteiger partial charge on any atom is 0.197 e. The maximum absolute atomic E-state index is 13.8. The normalized spacial score (nSPS) is 10.4. The number of H-pyrrole nitrogens is 1. The number of aromatic amines is 1. The highest BCUT2D eigenvalue weighted by atomic mass is 32.1. The van der Waals surface area contributed by atoms with Gasteiger partial charge in [-0.1, -0.05) is 12.1 Å². The molecule has 1 aromatic heterocycles. The fourth-order valence-electron chi connectivity index (χ4n) is 1.61. The number of methoxy groups -OCH3 is 1. The first-order valence-corrected chi connectivity index (χ1v) is 6.09. The number of nitrogens with one attached hydrogen (secondary N) is 1. The number of benzene rings is 1. The summed E-state index contributed by atoms with van der Waals surface area (Å²) < 4.78 is 24.5. The molecule has 0 aliphatic heterocycles. The van der Waals surface area contributed by atoms with E-state index in [4.69, 9.17) is 21.7 Å². The van der Waals surface area contributed by atoms with Crippen molar-refractivity contribution in [3.8, 4) is 17.0 Å². The molecule has 0 radical (unpaired) electrons. The van der Waals surface area contributed by atoms with Crippen LogP contribution in [0.1, 0.15) is 0 Å². The highest BCUT2D eigenvalue weighted by molar-refractivity contribution is 7.71. The predicted molar refractivity (Wildman–Crippen MR) is 72.2 cm³/mol. The van der Waals surface area contributed by atoms with Crippen LogP contribution in [-0.4, -0.2) is 30.3 Å². The lowest BCUT2D eigenvalue weighted by molar-refractivity contribution is 0.146. The molecule has 0 atom stereocenters. The van der Waals surface area contributed by atoms with E-state index in [0.29, 0.717) is 24.5 Å². The first kappa shape index (κ1) is 13.6. The quantitative estimate of drug-likeness (QED) is 0.675. The van der Waals surface area contributed by atoms with Crippen molar-refractivity contribution < 1.29 is 13.9 Å². The molecule has 6 heteroatoms. The van der Waals surface area contributed by atoms with Crippen LogP contribution >= 0.6 is 12.2 Å². The minimum absolute atomic E-state index is 0.225. The van der Waals surface area contributed by atoms with E-state index in [9.17, 15) is 4.39 Å². The van der Waals surface area contributed by atoms with Crippen LogP contribution in [0.3, 0.4) is 0 Å². The van der Waals surface area contributed by atoms with Gasteiger partial charge in [0.2, 0.25) is 0 Å². The third-order valence-electron chi connectivity index (χ3n) is 2.47. The Bertz CT molecular complexity index is 616. The summed E-state index contributed by atoms with van der Waals surface area (Å²) >= 11 is 4.91. The minimum Gasteiger partial charge on any atom is -0.490 e. The molecule has 0 saturated heterocycles. The van der Waals surface area contributed by atoms with Gasteiger partial charge in [0.25, 0.3) is 0 Å². The summed E-state index contributed by atoms with van der Waals surface area (Å²) in [7, 11) is 1.59. The van der Waals surface area contributed by atoms with Crippen LogP contribution in [0.5, 0.6) is 5.75 Å². The fourth-order valence-corrected chi connectivity index (χ4v) is 1.76. The Morgan fingerprint density at radius 1 is 1.32 bits per heavy atom. The van der Waals surface area contributed by atoms with Gasteiger partial charge in [-0.15, -0.1) is 0 Å². The number of nitrogens with zero attached hydrogens (tertiary/aromatic N) is 1. The Hall–Kier alpha value is -1.79. The zero-order valence-corrected chi connectivity index (χ0v) is 11.2. The molecule has 0 saturated carbocycles. The first-order valence-electron chi connectivity index (χ1n) is 5.68. The van der Waals surface area contributed by atoms with E-state index in [0.717, 1.165) is 6.20 Å². The van der Waals surface area contributed by atoms with E-state index in [2.05, 4.69) is 9.97 Å². The molecule has 0 bridgehead atoms. The Labute approximate surface area is 115 Å². The topological polar surface area (TPSA) is 47.1 Å². The van der Waals surface area contributed by atoms with Gasteiger partial charge in [-0.3, -0.25) is 0 Å². The molecule has 0 fully saturated rings. The van der Waals surface area contributed by atoms with Crippen molar-refractivity contribution in [2.75, 3.05) is 20.3 Å². The number of para-hydroxylation sites is 1. The smallest absolute Gasteiger partial charge is 0.197 e. The van der Waals surface area contributed by atoms with E-state index in [1.165, 1.54) is 0 Å². The standard InChI is InChI=1S/C13H13FN2O2S/c1-17-6-7-18-11-5-3-2-4-9(11)12-10(14)8-15-13(19)16-12/h2-5,8H,6-7H2,1H3,(H,15,16,19). The average Bonchev–Trinajstić information content (AvgIpc) is 2.42. The van der Waals surface area contributed by atoms with Gasteiger partial charge in [0, 0.05) is 12.7 Å². The van der Waals surface area contributed by atoms with Gasteiger partial charge in [-0.2, -0.15) is 0 Å². The molecule has 1 N–H and O–H groups in total. The lowest BCUT2D eigenvalue weighted by Crippen LogP contribution is -2.05. The summed E-state index contributed by atoms with van der Waals surface area (Å²) in [5.74, 6) is 0.0895. The summed E-state index contributed by atoms with van der Waals surface area (Å²) in [6.45, 7) is 0.851. The lowest BCUT2D eigenvalue weighted by Gasteiger charge is -2.11. The second kappa shape index (κ2) is 6.40. The molecule has 0 spiro atoms. The van der Waals surface area contributed by atoms with Crippen LogP contribution in [0.25, 0.3) is 11.3 Å². The molecule has 100 valence electrons. The van der Waals surface area contributed by atoms with Gasteiger partial charge in [0.05, 0.1) is 18.5 Å². The van der Waals surface area contributed by atoms with E-state index in [1.807, 2.05) is 6.07 Å². The van der Waals surface area contributed by atoms with Crippen LogP contribution in [0.15, 0.2) is 30.5 Å². The molecule has 2 rings (SSSR count). The SMILES string of the molecule is COCCOc1ccccc1-c1[nH]c(=S)ncc1F. The molecule has 1 heterocycles. The molecule has 2 aromatic rings. The molecular formula is C13H13FN2O2S. The summed E-state index contributed by atoms with van der Waals surface area (Å²) in [5.41, 5.74) is 0.873. The number of hydrogen-bond donors (Lipinski definition) is 1. The van der Waals surface area contributed by atoms with E-state index < -0.39 is 5.82 Å². The second-order valence-electron chi connectivity index (χ2n) is 3.75. The van der Waals surface area contributed by atoms with Crippen molar-refractivity contribution in [3.63, 3.8) is 0 Å². The summed E-state index contributed by atoms with van der Waals surface area (Å²) in [6, 6.07) is 7.14. The number of rotatable bonds is 5. The van der Waals surface area contributed by atoms with Gasteiger partial charge in [0.15, 0.2) is 10.6 Å². The van der Waals surface area contributed by atoms with E-state index in [-0.39, 0.29) is 10.5 Å². The largest absolute Gasteiger partial charge is 0.490 e. The number of ether oxygens (including phenoxy) is 2. The molecule has 0 aliphatic carbocycles. The Kier molecular flexibility index (Phi) is 4.59. The van der Waals surface area contributed by atoms with Crippen LogP contribution < -0.4 is 4.74 Å². The molecule has 0 unspecified atom stereocenters. The Morgan fingerprint density at radius 3 is 2.89 bits per heavy atom. The molecule has 0 aliphatic rings. The summed E-state index contributed by atoms with van der Waals surface area (Å²) in [4.78, 5) is 6.43. The molecule has 19 heavy (non-hydrogen) atoms. The van der Waals surface area contributed by atoms with Crippen LogP contribution in [0, 0.1) is 10.6 Å². The van der Waals surface area contributed by atoms with Crippen LogP contribution in [0.4, 0.5) is 4.39 Å². The maximum atomic E-state index is 13.8. The van der Waals surface area contributed by atoms with Gasteiger partial charge in [-0.25, -0.2) is 9.37 Å². The monoisotopic (exact) mass is 280 g/mol. The van der Waals surface area contributed by atoms with Crippen molar-refractivity contribution in [1.29, 1.82) is 0 Å². The minimum atomic E-state index is -0.476. The van der Waals surface area contributed by atoms with Crippen molar-refractivity contribution in [2.45, 2.75) is 0 Å². The Balaban J connectivity index is 2.38. The molecule has 1 aromatic carbocycles. The number of hydrogen-bond acceptors (Lipinski definition) is 4. The highest BCUT2D eigenvalue weighted by Gasteiger charge is 2.11. The lowest BCUT2D eigenvalue weighted by atomic mass is 10.1. The average molecular weight is 280 g/mol. The van der Waals surface area contributed by atoms with Crippen molar-refractivity contribution in [1.82, 2.24) is 9.97 Å². The van der Waals surface area contributed by atoms with Gasteiger partial charge in [-0.05, 0) is 24.4 Å². The van der Waals surface area contributed by atoms with Crippen molar-refractivity contribution in [3.05, 3.63) is 41.1 Å². The van der Waals surface area contributed by atoms with E-state index >= 15 is 0 Å². The van der Waals surface area contributed by atoms with Crippen molar-refractivity contribution >= 4 is 12.2 Å². The van der Waals surface area contributed by atoms with Gasteiger partial charge in [0.1, 0.15) is 12.4 Å². The Morgan fingerprint density at radius 2 is 2.11 bits per heavy atom. The second-order valence-corrected chi connectivity index (χ2v) is 4.14. The predicted octanol–water partition coefficient (Wildman–Crippen LogP) is 2.97. The van der Waals surface area contributed by atoms with Crippen LogP contribution in [0.2, 0.25) is 0 Å².